The van der Waals surface area contributed by atoms with Gasteiger partial charge in [0.15, 0.2) is 12.4 Å². The predicted molar refractivity (Wildman–Crippen MR) is 160 cm³/mol. The highest BCUT2D eigenvalue weighted by molar-refractivity contribution is 7.88. The lowest BCUT2D eigenvalue weighted by Gasteiger charge is -2.45. The van der Waals surface area contributed by atoms with E-state index in [1.807, 2.05) is 38.1 Å². The maximum absolute atomic E-state index is 13.3. The number of nitrogens with two attached hydrogens (primary N) is 1. The van der Waals surface area contributed by atoms with Crippen molar-refractivity contribution in [2.75, 3.05) is 24.2 Å². The summed E-state index contributed by atoms with van der Waals surface area (Å²) in [6.07, 6.45) is 1.21. The third-order valence-corrected chi connectivity index (χ3v) is 10.4. The molecule has 2 heterocycles. The molecule has 2 aromatic carbocycles. The lowest BCUT2D eigenvalue weighted by molar-refractivity contribution is -0.139. The van der Waals surface area contributed by atoms with Crippen LogP contribution in [0.3, 0.4) is 0 Å². The van der Waals surface area contributed by atoms with Crippen LogP contribution in [-0.2, 0) is 20.6 Å². The summed E-state index contributed by atoms with van der Waals surface area (Å²) in [6, 6.07) is 14.5. The Bertz CT molecular complexity index is 1540. The van der Waals surface area contributed by atoms with Gasteiger partial charge in [-0.15, -0.1) is 11.3 Å². The van der Waals surface area contributed by atoms with Gasteiger partial charge in [0.1, 0.15) is 15.7 Å². The van der Waals surface area contributed by atoms with Gasteiger partial charge in [-0.2, -0.15) is 4.31 Å². The van der Waals surface area contributed by atoms with Crippen molar-refractivity contribution >= 4 is 56.1 Å². The van der Waals surface area contributed by atoms with Crippen molar-refractivity contribution in [2.45, 2.75) is 44.0 Å². The zero-order valence-corrected chi connectivity index (χ0v) is 24.6. The Balaban J connectivity index is 1.50. The predicted octanol–water partition coefficient (Wildman–Crippen LogP) is 5.83. The van der Waals surface area contributed by atoms with E-state index in [2.05, 4.69) is 11.9 Å². The highest BCUT2D eigenvalue weighted by Crippen LogP contribution is 2.48. The summed E-state index contributed by atoms with van der Waals surface area (Å²) in [5.74, 6) is -1.48. The number of halogens is 1. The molecule has 3 aromatic rings. The minimum absolute atomic E-state index is 0.0186. The van der Waals surface area contributed by atoms with Crippen molar-refractivity contribution in [3.8, 4) is 16.2 Å². The number of piperidine rings is 1. The van der Waals surface area contributed by atoms with E-state index in [-0.39, 0.29) is 33.2 Å². The number of nitrogen functional groups attached to an aromatic ring is 1. The van der Waals surface area contributed by atoms with Gasteiger partial charge in [-0.05, 0) is 62.1 Å². The van der Waals surface area contributed by atoms with E-state index in [4.69, 9.17) is 27.2 Å². The summed E-state index contributed by atoms with van der Waals surface area (Å²) in [5, 5.41) is 22.7. The summed E-state index contributed by atoms with van der Waals surface area (Å²) in [7, 11) is -3.56. The van der Waals surface area contributed by atoms with Crippen LogP contribution in [0.15, 0.2) is 55.1 Å². The number of benzene rings is 2. The number of ether oxygens (including phenoxy) is 1. The van der Waals surface area contributed by atoms with E-state index in [1.54, 1.807) is 28.6 Å². The topological polar surface area (TPSA) is 142 Å². The molecule has 0 bridgehead atoms. The first-order valence-electron chi connectivity index (χ1n) is 12.5. The van der Waals surface area contributed by atoms with Crippen LogP contribution in [0.2, 0.25) is 5.02 Å². The largest absolute Gasteiger partial charge is 0.507 e. The van der Waals surface area contributed by atoms with E-state index in [1.165, 1.54) is 0 Å². The molecular weight excluding hydrogens is 574 g/mol. The quantitative estimate of drug-likeness (QED) is 0.167. The van der Waals surface area contributed by atoms with Crippen LogP contribution in [-0.4, -0.2) is 53.6 Å². The number of carboxylic acids is 1. The Labute approximate surface area is 242 Å². The molecule has 0 amide bonds. The number of nitrogens with zero attached hydrogens (tertiary/aromatic N) is 1. The minimum Gasteiger partial charge on any atom is -0.507 e. The lowest BCUT2D eigenvalue weighted by Crippen LogP contribution is -2.55. The summed E-state index contributed by atoms with van der Waals surface area (Å²) >= 11 is 7.70. The normalized spacial score (nSPS) is 17.3. The Morgan fingerprint density at radius 1 is 1.25 bits per heavy atom. The number of thiophene rings is 1. The second-order valence-corrected chi connectivity index (χ2v) is 13.6. The zero-order chi connectivity index (χ0) is 29.2. The molecule has 1 aliphatic rings. The van der Waals surface area contributed by atoms with E-state index >= 15 is 0 Å². The molecule has 1 aliphatic heterocycles. The molecule has 214 valence electrons. The summed E-state index contributed by atoms with van der Waals surface area (Å²) in [6.45, 7) is 7.16. The van der Waals surface area contributed by atoms with Gasteiger partial charge in [-0.25, -0.2) is 13.2 Å². The van der Waals surface area contributed by atoms with Crippen molar-refractivity contribution in [3.63, 3.8) is 0 Å². The van der Waals surface area contributed by atoms with Crippen LogP contribution in [0.1, 0.15) is 37.1 Å². The molecule has 9 nitrogen and oxygen atoms in total. The molecule has 4 rings (SSSR count). The molecule has 1 aromatic heterocycles. The Morgan fingerprint density at radius 2 is 1.98 bits per heavy atom. The fourth-order valence-electron chi connectivity index (χ4n) is 5.01. The van der Waals surface area contributed by atoms with Crippen LogP contribution < -0.4 is 15.8 Å². The van der Waals surface area contributed by atoms with Gasteiger partial charge in [0.2, 0.25) is 10.0 Å². The SMILES string of the molecule is C=C(O)c1sc(-c2cccc(N[C@H]3CCN(S(=O)(=O)Cc4cccc(N)c4)C(C)(C)C3)c2)c(Cl)c1OCC(=O)O. The molecule has 40 heavy (non-hydrogen) atoms. The minimum atomic E-state index is -3.56. The van der Waals surface area contributed by atoms with Gasteiger partial charge in [-0.1, -0.05) is 42.4 Å². The zero-order valence-electron chi connectivity index (χ0n) is 22.2. The maximum atomic E-state index is 13.3. The molecule has 0 spiro atoms. The number of aliphatic hydroxyl groups is 1. The fraction of sp³-hybridized carbons (Fsp3) is 0.321. The molecule has 0 aliphatic carbocycles. The molecule has 1 atom stereocenters. The number of carbonyl (C=O) groups is 1. The van der Waals surface area contributed by atoms with Crippen molar-refractivity contribution in [2.24, 2.45) is 0 Å². The molecule has 1 fully saturated rings. The number of rotatable bonds is 10. The molecule has 12 heteroatoms. The van der Waals surface area contributed by atoms with Gasteiger partial charge in [0.25, 0.3) is 0 Å². The molecule has 5 N–H and O–H groups in total. The second-order valence-electron chi connectivity index (χ2n) is 10.3. The van der Waals surface area contributed by atoms with Crippen LogP contribution in [0.25, 0.3) is 16.2 Å². The number of carboxylic acid groups (broad SMARTS) is 1. The third-order valence-electron chi connectivity index (χ3n) is 6.64. The average molecular weight is 606 g/mol. The highest BCUT2D eigenvalue weighted by atomic mass is 35.5. The summed E-state index contributed by atoms with van der Waals surface area (Å²) in [4.78, 5) is 11.8. The summed E-state index contributed by atoms with van der Waals surface area (Å²) < 4.78 is 33.6. The number of anilines is 2. The van der Waals surface area contributed by atoms with Gasteiger partial charge in [0.05, 0.1) is 10.6 Å². The van der Waals surface area contributed by atoms with Gasteiger partial charge < -0.3 is 26.0 Å². The molecule has 0 radical (unpaired) electrons. The molecule has 0 saturated carbocycles. The first-order valence-corrected chi connectivity index (χ1v) is 15.3. The van der Waals surface area contributed by atoms with Crippen LogP contribution in [0.4, 0.5) is 11.4 Å². The Hall–Kier alpha value is -3.25. The smallest absolute Gasteiger partial charge is 0.341 e. The summed E-state index contributed by atoms with van der Waals surface area (Å²) in [5.41, 5.74) is 7.97. The fourth-order valence-corrected chi connectivity index (χ4v) is 8.41. The first kappa shape index (κ1) is 29.7. The second kappa shape index (κ2) is 11.7. The van der Waals surface area contributed by atoms with Gasteiger partial charge in [-0.3, -0.25) is 0 Å². The Morgan fingerprint density at radius 3 is 2.62 bits per heavy atom. The lowest BCUT2D eigenvalue weighted by atomic mass is 9.89. The molecular formula is C28H32ClN3O6S2. The van der Waals surface area contributed by atoms with E-state index in [9.17, 15) is 18.3 Å². The van der Waals surface area contributed by atoms with E-state index in [0.717, 1.165) is 22.6 Å². The van der Waals surface area contributed by atoms with E-state index in [0.29, 0.717) is 35.5 Å². The number of sulfonamides is 1. The van der Waals surface area contributed by atoms with Crippen LogP contribution in [0, 0.1) is 0 Å². The van der Waals surface area contributed by atoms with Crippen molar-refractivity contribution < 1.29 is 28.2 Å². The number of nitrogens with one attached hydrogen (secondary N) is 1. The maximum Gasteiger partial charge on any atom is 0.341 e. The number of aliphatic hydroxyl groups excluding tert-OH is 1. The standard InChI is InChI=1S/C28H32ClN3O6S2/c1-17(33)26-25(38-15-23(34)35)24(29)27(39-26)19-7-5-9-21(13-19)31-22-10-11-32(28(2,3)14-22)40(36,37)16-18-6-4-8-20(30)12-18/h4-9,12-13,22,31,33H,1,10-11,14-16,30H2,2-3H3,(H,34,35)/t22-/m0/s1. The first-order chi connectivity index (χ1) is 18.8. The number of hydrogen-bond donors (Lipinski definition) is 4. The van der Waals surface area contributed by atoms with Crippen molar-refractivity contribution in [1.29, 1.82) is 0 Å². The van der Waals surface area contributed by atoms with Crippen molar-refractivity contribution in [1.82, 2.24) is 4.31 Å². The molecule has 1 saturated heterocycles. The van der Waals surface area contributed by atoms with E-state index < -0.39 is 28.1 Å². The van der Waals surface area contributed by atoms with Gasteiger partial charge in [0, 0.05) is 29.5 Å². The van der Waals surface area contributed by atoms with Crippen LogP contribution >= 0.6 is 22.9 Å². The monoisotopic (exact) mass is 605 g/mol. The third kappa shape index (κ3) is 6.72. The molecule has 0 unspecified atom stereocenters. The number of hydrogen-bond acceptors (Lipinski definition) is 8. The van der Waals surface area contributed by atoms with Crippen LogP contribution in [0.5, 0.6) is 5.75 Å². The average Bonchev–Trinajstić information content (AvgIpc) is 3.18. The van der Waals surface area contributed by atoms with Crippen molar-refractivity contribution in [3.05, 3.63) is 70.6 Å². The highest BCUT2D eigenvalue weighted by Gasteiger charge is 2.41. The van der Waals surface area contributed by atoms with Gasteiger partial charge >= 0.3 is 5.97 Å². The number of aliphatic carboxylic acids is 1. The Kier molecular flexibility index (Phi) is 8.69.